The first kappa shape index (κ1) is 16.1. The van der Waals surface area contributed by atoms with E-state index in [0.717, 1.165) is 4.31 Å². The standard InChI is InChI=1S/C12H19N3O4S/c1-4-15(11-7-5-10(13)6-8-11)20(17,18)14-12(16)19-9(2)3/h5-9H,4,13H2,1-3H3,(H,14,16). The summed E-state index contributed by atoms with van der Waals surface area (Å²) in [6.45, 7) is 5.07. The van der Waals surface area contributed by atoms with Crippen LogP contribution in [0.3, 0.4) is 0 Å². The molecule has 3 N–H and O–H groups in total. The smallest absolute Gasteiger partial charge is 0.422 e. The molecule has 0 radical (unpaired) electrons. The fourth-order valence-electron chi connectivity index (χ4n) is 1.53. The predicted molar refractivity (Wildman–Crippen MR) is 77.5 cm³/mol. The summed E-state index contributed by atoms with van der Waals surface area (Å²) in [7, 11) is -4.02. The molecule has 1 amide bonds. The SMILES string of the molecule is CCN(c1ccc(N)cc1)S(=O)(=O)NC(=O)OC(C)C. The maximum absolute atomic E-state index is 12.1. The number of carbonyl (C=O) groups excluding carboxylic acids is 1. The second-order valence-corrected chi connectivity index (χ2v) is 5.91. The Morgan fingerprint density at radius 3 is 2.35 bits per heavy atom. The molecule has 1 rings (SSSR count). The molecule has 0 heterocycles. The van der Waals surface area contributed by atoms with Gasteiger partial charge in [0, 0.05) is 12.2 Å². The molecule has 0 unspecified atom stereocenters. The van der Waals surface area contributed by atoms with Gasteiger partial charge >= 0.3 is 16.3 Å². The molecule has 0 atom stereocenters. The predicted octanol–water partition coefficient (Wildman–Crippen LogP) is 1.47. The zero-order valence-corrected chi connectivity index (χ0v) is 12.5. The number of amides is 1. The summed E-state index contributed by atoms with van der Waals surface area (Å²) in [4.78, 5) is 11.4. The maximum atomic E-state index is 12.1. The number of anilines is 2. The van der Waals surface area contributed by atoms with Crippen molar-refractivity contribution in [3.05, 3.63) is 24.3 Å². The first-order valence-corrected chi connectivity index (χ1v) is 7.57. The monoisotopic (exact) mass is 301 g/mol. The minimum absolute atomic E-state index is 0.161. The Hall–Kier alpha value is -1.96. The average molecular weight is 301 g/mol. The van der Waals surface area contributed by atoms with Crippen molar-refractivity contribution in [1.82, 2.24) is 4.72 Å². The number of nitrogens with zero attached hydrogens (tertiary/aromatic N) is 1. The number of hydrogen-bond acceptors (Lipinski definition) is 5. The number of nitrogens with two attached hydrogens (primary N) is 1. The summed E-state index contributed by atoms with van der Waals surface area (Å²) in [6.07, 6.45) is -1.41. The summed E-state index contributed by atoms with van der Waals surface area (Å²) in [5.74, 6) is 0. The Labute approximate surface area is 118 Å². The van der Waals surface area contributed by atoms with Gasteiger partial charge in [-0.1, -0.05) is 0 Å². The second kappa shape index (κ2) is 6.47. The van der Waals surface area contributed by atoms with Crippen molar-refractivity contribution in [2.45, 2.75) is 26.9 Å². The van der Waals surface area contributed by atoms with E-state index in [9.17, 15) is 13.2 Å². The molecule has 0 spiro atoms. The lowest BCUT2D eigenvalue weighted by molar-refractivity contribution is 0.121. The topological polar surface area (TPSA) is 102 Å². The van der Waals surface area contributed by atoms with Gasteiger partial charge in [-0.25, -0.2) is 9.52 Å². The van der Waals surface area contributed by atoms with E-state index in [1.54, 1.807) is 45.0 Å². The Morgan fingerprint density at radius 2 is 1.90 bits per heavy atom. The normalized spacial score (nSPS) is 11.2. The number of ether oxygens (including phenoxy) is 1. The van der Waals surface area contributed by atoms with Crippen molar-refractivity contribution in [1.29, 1.82) is 0 Å². The molecule has 0 aromatic heterocycles. The van der Waals surface area contributed by atoms with Gasteiger partial charge in [-0.2, -0.15) is 8.42 Å². The molecule has 7 nitrogen and oxygen atoms in total. The van der Waals surface area contributed by atoms with Crippen LogP contribution in [0, 0.1) is 0 Å². The summed E-state index contributed by atoms with van der Waals surface area (Å²) in [5.41, 5.74) is 6.49. The van der Waals surface area contributed by atoms with Gasteiger partial charge in [-0.15, -0.1) is 0 Å². The first-order chi connectivity index (χ1) is 9.26. The maximum Gasteiger partial charge on any atom is 0.422 e. The molecule has 0 bridgehead atoms. The van der Waals surface area contributed by atoms with Crippen LogP contribution >= 0.6 is 0 Å². The van der Waals surface area contributed by atoms with Crippen molar-refractivity contribution >= 4 is 27.7 Å². The number of hydrogen-bond donors (Lipinski definition) is 2. The van der Waals surface area contributed by atoms with Crippen LogP contribution < -0.4 is 14.8 Å². The van der Waals surface area contributed by atoms with Crippen molar-refractivity contribution in [3.63, 3.8) is 0 Å². The second-order valence-electron chi connectivity index (χ2n) is 4.32. The molecule has 20 heavy (non-hydrogen) atoms. The van der Waals surface area contributed by atoms with Crippen LogP contribution in [-0.2, 0) is 14.9 Å². The minimum Gasteiger partial charge on any atom is -0.446 e. The van der Waals surface area contributed by atoms with Crippen molar-refractivity contribution < 1.29 is 17.9 Å². The highest BCUT2D eigenvalue weighted by Crippen LogP contribution is 2.18. The summed E-state index contributed by atoms with van der Waals surface area (Å²) < 4.78 is 31.9. The van der Waals surface area contributed by atoms with Gasteiger partial charge < -0.3 is 10.5 Å². The van der Waals surface area contributed by atoms with Crippen LogP contribution in [0.5, 0.6) is 0 Å². The molecule has 112 valence electrons. The van der Waals surface area contributed by atoms with Gasteiger partial charge in [0.1, 0.15) is 0 Å². The van der Waals surface area contributed by atoms with Gasteiger partial charge in [0.2, 0.25) is 0 Å². The number of benzene rings is 1. The van der Waals surface area contributed by atoms with Crippen LogP contribution in [-0.4, -0.2) is 27.2 Å². The number of rotatable bonds is 5. The third-order valence-electron chi connectivity index (χ3n) is 2.31. The number of nitrogen functional groups attached to an aromatic ring is 1. The fourth-order valence-corrected chi connectivity index (χ4v) is 2.64. The molecule has 1 aromatic carbocycles. The minimum atomic E-state index is -4.02. The average Bonchev–Trinajstić information content (AvgIpc) is 2.30. The summed E-state index contributed by atoms with van der Waals surface area (Å²) >= 11 is 0. The molecule has 0 saturated heterocycles. The molecule has 0 aliphatic rings. The van der Waals surface area contributed by atoms with Gasteiger partial charge in [-0.05, 0) is 45.0 Å². The Balaban J connectivity index is 2.92. The van der Waals surface area contributed by atoms with E-state index in [1.165, 1.54) is 0 Å². The molecule has 1 aromatic rings. The molecule has 0 aliphatic carbocycles. The zero-order valence-electron chi connectivity index (χ0n) is 11.7. The summed E-state index contributed by atoms with van der Waals surface area (Å²) in [5, 5.41) is 0. The molecule has 8 heteroatoms. The van der Waals surface area contributed by atoms with Crippen molar-refractivity contribution in [2.75, 3.05) is 16.6 Å². The lowest BCUT2D eigenvalue weighted by atomic mass is 10.3. The molecule has 0 fully saturated rings. The first-order valence-electron chi connectivity index (χ1n) is 6.13. The van der Waals surface area contributed by atoms with Crippen LogP contribution in [0.4, 0.5) is 16.2 Å². The van der Waals surface area contributed by atoms with Crippen LogP contribution in [0.15, 0.2) is 24.3 Å². The third-order valence-corrected chi connectivity index (χ3v) is 3.79. The van der Waals surface area contributed by atoms with E-state index in [-0.39, 0.29) is 6.54 Å². The molecule has 0 saturated carbocycles. The van der Waals surface area contributed by atoms with E-state index in [0.29, 0.717) is 11.4 Å². The lowest BCUT2D eigenvalue weighted by Crippen LogP contribution is -2.44. The molecular weight excluding hydrogens is 282 g/mol. The van der Waals surface area contributed by atoms with Gasteiger partial charge in [0.25, 0.3) is 0 Å². The van der Waals surface area contributed by atoms with Crippen LogP contribution in [0.1, 0.15) is 20.8 Å². The number of nitrogens with one attached hydrogen (secondary N) is 1. The fraction of sp³-hybridized carbons (Fsp3) is 0.417. The van der Waals surface area contributed by atoms with Gasteiger partial charge in [-0.3, -0.25) is 4.31 Å². The highest BCUT2D eigenvalue weighted by molar-refractivity contribution is 7.91. The van der Waals surface area contributed by atoms with Gasteiger partial charge in [0.05, 0.1) is 11.8 Å². The van der Waals surface area contributed by atoms with Gasteiger partial charge in [0.15, 0.2) is 0 Å². The largest absolute Gasteiger partial charge is 0.446 e. The zero-order chi connectivity index (χ0) is 15.3. The van der Waals surface area contributed by atoms with E-state index < -0.39 is 22.4 Å². The highest BCUT2D eigenvalue weighted by Gasteiger charge is 2.24. The lowest BCUT2D eigenvalue weighted by Gasteiger charge is -2.23. The molecular formula is C12H19N3O4S. The van der Waals surface area contributed by atoms with E-state index in [2.05, 4.69) is 0 Å². The van der Waals surface area contributed by atoms with Crippen LogP contribution in [0.25, 0.3) is 0 Å². The molecule has 0 aliphatic heterocycles. The van der Waals surface area contributed by atoms with E-state index in [4.69, 9.17) is 10.5 Å². The van der Waals surface area contributed by atoms with E-state index >= 15 is 0 Å². The van der Waals surface area contributed by atoms with Crippen molar-refractivity contribution in [3.8, 4) is 0 Å². The summed E-state index contributed by atoms with van der Waals surface area (Å²) in [6, 6.07) is 6.29. The third kappa shape index (κ3) is 4.30. The van der Waals surface area contributed by atoms with Crippen LogP contribution in [0.2, 0.25) is 0 Å². The Morgan fingerprint density at radius 1 is 1.35 bits per heavy atom. The Bertz CT molecular complexity index is 555. The number of carbonyl (C=O) groups is 1. The van der Waals surface area contributed by atoms with E-state index in [1.807, 2.05) is 4.72 Å². The quantitative estimate of drug-likeness (QED) is 0.802. The highest BCUT2D eigenvalue weighted by atomic mass is 32.2. The Kier molecular flexibility index (Phi) is 5.20. The van der Waals surface area contributed by atoms with Crippen molar-refractivity contribution in [2.24, 2.45) is 0 Å².